The van der Waals surface area contributed by atoms with E-state index in [1.807, 2.05) is 24.3 Å². The van der Waals surface area contributed by atoms with Crippen molar-refractivity contribution in [3.05, 3.63) is 71.3 Å². The Kier molecular flexibility index (Phi) is 33.7. The van der Waals surface area contributed by atoms with Gasteiger partial charge in [0.2, 0.25) is 59.1 Å². The summed E-state index contributed by atoms with van der Waals surface area (Å²) in [6.07, 6.45) is 0.0969. The second kappa shape index (κ2) is 39.6. The zero-order valence-corrected chi connectivity index (χ0v) is 51.0. The lowest BCUT2D eigenvalue weighted by Gasteiger charge is -2.29. The Morgan fingerprint density at radius 1 is 0.552 bits per heavy atom. The standard InChI is InChI=1S/C59H98N16O12/c1-6-7-9-12-37-15-17-39(18-16-37)33-66-40(19-25-60)50(78)75-49(36(5)77)59(87)71-43(22-28-63)52(80)70-45-24-30-65-58(86)48(35(4)76)74-55(83)44(23-29-64)68-51(79)41(20-26-61)69-56(84)46(31-34(2)3)72-57(85)47(32-38-13-10-8-11-14-38)73-53(81)42(21-27-62)67-54(45)82/h8,10-11,13-18,34-36,40-49,66,76-77H,6-7,9,12,19-33,60-64H2,1-5H3,(H,65,86)(H,67,82)(H,68,79)(H,69,84)(H,70,80)(H,71,87)(H,72,85)(H,73,81)(H,74,83)(H,75,78)/t35-,36-,40+,41+,42+,43+,44+,45+,46+,47-,48+,49+/m1/s1. The van der Waals surface area contributed by atoms with Gasteiger partial charge in [-0.3, -0.25) is 47.9 Å². The summed E-state index contributed by atoms with van der Waals surface area (Å²) in [5.74, 6) is -9.16. The van der Waals surface area contributed by atoms with Gasteiger partial charge in [-0.2, -0.15) is 0 Å². The van der Waals surface area contributed by atoms with Crippen molar-refractivity contribution in [2.24, 2.45) is 34.6 Å². The minimum absolute atomic E-state index is 0.0525. The Morgan fingerprint density at radius 2 is 1.06 bits per heavy atom. The van der Waals surface area contributed by atoms with Crippen molar-refractivity contribution >= 4 is 59.1 Å². The average molecular weight is 1220 g/mol. The molecule has 2 aromatic rings. The molecule has 1 fully saturated rings. The minimum Gasteiger partial charge on any atom is -0.391 e. The molecule has 0 saturated carbocycles. The molecule has 1 aliphatic heterocycles. The van der Waals surface area contributed by atoms with Gasteiger partial charge >= 0.3 is 0 Å². The summed E-state index contributed by atoms with van der Waals surface area (Å²) in [6.45, 7) is 7.50. The van der Waals surface area contributed by atoms with Crippen molar-refractivity contribution in [2.45, 2.75) is 191 Å². The topological polar surface area (TPSA) is 474 Å². The minimum atomic E-state index is -1.68. The van der Waals surface area contributed by atoms with E-state index in [4.69, 9.17) is 28.7 Å². The molecule has 1 saturated heterocycles. The lowest BCUT2D eigenvalue weighted by molar-refractivity contribution is -0.136. The molecule has 1 aliphatic rings. The number of amides is 10. The Bertz CT molecular complexity index is 2510. The fourth-order valence-corrected chi connectivity index (χ4v) is 9.57. The second-order valence-electron chi connectivity index (χ2n) is 22.4. The van der Waals surface area contributed by atoms with Crippen molar-refractivity contribution in [3.8, 4) is 0 Å². The SMILES string of the molecule is CCCCCc1ccc(CN[C@@H](CCN)C(=O)N[C@H](C(=O)N[C@@H](CCN)C(=O)N[C@H]2CCNC(=O)[C@H]([C@@H](C)O)NC(=O)[C@H](CCN)NC(=O)[C@H](CCN)NC(=O)[C@H](CC(C)C)NC(=O)[C@@H](Cc3ccccc3)NC(=O)[C@H](CCN)NC2=O)[C@@H](C)O)cc1. The molecule has 87 heavy (non-hydrogen) atoms. The molecule has 3 rings (SSSR count). The molecule has 28 nitrogen and oxygen atoms in total. The largest absolute Gasteiger partial charge is 0.391 e. The first-order chi connectivity index (χ1) is 41.5. The van der Waals surface area contributed by atoms with Crippen LogP contribution in [0.25, 0.3) is 0 Å². The molecule has 0 aliphatic carbocycles. The van der Waals surface area contributed by atoms with Crippen LogP contribution in [0.3, 0.4) is 0 Å². The van der Waals surface area contributed by atoms with Crippen LogP contribution >= 0.6 is 0 Å². The summed E-state index contributed by atoms with van der Waals surface area (Å²) in [5, 5.41) is 50.6. The third-order valence-electron chi connectivity index (χ3n) is 14.5. The number of hydrogen-bond donors (Lipinski definition) is 18. The van der Waals surface area contributed by atoms with Gasteiger partial charge in [-0.1, -0.05) is 88.2 Å². The molecule has 28 heteroatoms. The van der Waals surface area contributed by atoms with Gasteiger partial charge in [0, 0.05) is 19.5 Å². The van der Waals surface area contributed by atoms with E-state index < -0.39 is 145 Å². The zero-order valence-electron chi connectivity index (χ0n) is 51.0. The highest BCUT2D eigenvalue weighted by Crippen LogP contribution is 2.13. The number of aliphatic hydroxyl groups excluding tert-OH is 2. The number of unbranched alkanes of at least 4 members (excludes halogenated alkanes) is 2. The number of carbonyl (C=O) groups is 10. The highest BCUT2D eigenvalue weighted by atomic mass is 16.3. The van der Waals surface area contributed by atoms with Gasteiger partial charge in [0.1, 0.15) is 54.4 Å². The van der Waals surface area contributed by atoms with Crippen LogP contribution in [-0.2, 0) is 67.3 Å². The van der Waals surface area contributed by atoms with Gasteiger partial charge in [0.25, 0.3) is 0 Å². The van der Waals surface area contributed by atoms with Crippen molar-refractivity contribution < 1.29 is 58.2 Å². The molecular formula is C59H98N16O12. The summed E-state index contributed by atoms with van der Waals surface area (Å²) in [5.41, 5.74) is 32.2. The van der Waals surface area contributed by atoms with Crippen molar-refractivity contribution in [2.75, 3.05) is 39.3 Å². The maximum atomic E-state index is 14.6. The first-order valence-corrected chi connectivity index (χ1v) is 30.2. The van der Waals surface area contributed by atoms with Crippen LogP contribution in [0.5, 0.6) is 0 Å². The number of nitrogens with one attached hydrogen (secondary N) is 11. The monoisotopic (exact) mass is 1220 g/mol. The molecule has 486 valence electrons. The van der Waals surface area contributed by atoms with E-state index in [0.717, 1.165) is 31.2 Å². The first kappa shape index (κ1) is 74.1. The molecule has 12 atom stereocenters. The highest BCUT2D eigenvalue weighted by molar-refractivity contribution is 5.99. The molecule has 0 bridgehead atoms. The van der Waals surface area contributed by atoms with Crippen LogP contribution < -0.4 is 87.2 Å². The van der Waals surface area contributed by atoms with Crippen LogP contribution in [0.4, 0.5) is 0 Å². The van der Waals surface area contributed by atoms with Gasteiger partial charge in [-0.15, -0.1) is 0 Å². The molecule has 23 N–H and O–H groups in total. The third kappa shape index (κ3) is 26.0. The summed E-state index contributed by atoms with van der Waals surface area (Å²) in [7, 11) is 0. The number of aliphatic hydroxyl groups is 2. The van der Waals surface area contributed by atoms with E-state index in [1.54, 1.807) is 44.2 Å². The molecule has 0 aromatic heterocycles. The van der Waals surface area contributed by atoms with Gasteiger partial charge in [0.05, 0.1) is 18.2 Å². The zero-order chi connectivity index (χ0) is 64.6. The molecule has 0 unspecified atom stereocenters. The third-order valence-corrected chi connectivity index (χ3v) is 14.5. The van der Waals surface area contributed by atoms with Gasteiger partial charge in [-0.05, 0) is 127 Å². The molecule has 1 heterocycles. The number of aryl methyl sites for hydroxylation is 1. The summed E-state index contributed by atoms with van der Waals surface area (Å²) < 4.78 is 0. The number of carbonyl (C=O) groups excluding carboxylic acids is 10. The Balaban J connectivity index is 2.05. The van der Waals surface area contributed by atoms with E-state index in [0.29, 0.717) is 5.56 Å². The second-order valence-corrected chi connectivity index (χ2v) is 22.4. The fraction of sp³-hybridized carbons (Fsp3) is 0.627. The number of benzene rings is 2. The molecular weight excluding hydrogens is 1120 g/mol. The van der Waals surface area contributed by atoms with Crippen LogP contribution in [0.15, 0.2) is 54.6 Å². The molecule has 0 radical (unpaired) electrons. The maximum Gasteiger partial charge on any atom is 0.245 e. The Hall–Kier alpha value is -7.18. The normalized spacial score (nSPS) is 22.3. The Morgan fingerprint density at radius 3 is 1.59 bits per heavy atom. The van der Waals surface area contributed by atoms with Crippen LogP contribution in [0.2, 0.25) is 0 Å². The first-order valence-electron chi connectivity index (χ1n) is 30.2. The lowest BCUT2D eigenvalue weighted by Crippen LogP contribution is -2.62. The predicted molar refractivity (Wildman–Crippen MR) is 327 cm³/mol. The quantitative estimate of drug-likeness (QED) is 0.0342. The number of nitrogens with two attached hydrogens (primary N) is 5. The van der Waals surface area contributed by atoms with E-state index in [1.165, 1.54) is 19.4 Å². The molecule has 10 amide bonds. The van der Waals surface area contributed by atoms with Gasteiger partial charge in [-0.25, -0.2) is 0 Å². The average Bonchev–Trinajstić information content (AvgIpc) is 3.68. The van der Waals surface area contributed by atoms with E-state index >= 15 is 0 Å². The van der Waals surface area contributed by atoms with Crippen molar-refractivity contribution in [1.82, 2.24) is 58.5 Å². The molecule has 0 spiro atoms. The maximum absolute atomic E-state index is 14.6. The smallest absolute Gasteiger partial charge is 0.245 e. The number of hydrogen-bond acceptors (Lipinski definition) is 18. The van der Waals surface area contributed by atoms with Gasteiger partial charge < -0.3 is 97.4 Å². The van der Waals surface area contributed by atoms with Crippen LogP contribution in [-0.4, -0.2) is 181 Å². The summed E-state index contributed by atoms with van der Waals surface area (Å²) >= 11 is 0. The number of rotatable bonds is 29. The highest BCUT2D eigenvalue weighted by Gasteiger charge is 2.37. The molecule has 2 aromatic carbocycles. The van der Waals surface area contributed by atoms with E-state index in [-0.39, 0.29) is 90.1 Å². The van der Waals surface area contributed by atoms with E-state index in [9.17, 15) is 58.2 Å². The van der Waals surface area contributed by atoms with Crippen LogP contribution in [0.1, 0.15) is 116 Å². The van der Waals surface area contributed by atoms with Gasteiger partial charge in [0.15, 0.2) is 0 Å². The van der Waals surface area contributed by atoms with Crippen molar-refractivity contribution in [3.63, 3.8) is 0 Å². The summed E-state index contributed by atoms with van der Waals surface area (Å²) in [4.78, 5) is 141. The fourth-order valence-electron chi connectivity index (χ4n) is 9.57. The van der Waals surface area contributed by atoms with Crippen molar-refractivity contribution in [1.29, 1.82) is 0 Å². The Labute approximate surface area is 510 Å². The predicted octanol–water partition coefficient (Wildman–Crippen LogP) is -4.45. The summed E-state index contributed by atoms with van der Waals surface area (Å²) in [6, 6.07) is 2.27. The lowest BCUT2D eigenvalue weighted by atomic mass is 10.00. The van der Waals surface area contributed by atoms with E-state index in [2.05, 4.69) is 65.4 Å². The van der Waals surface area contributed by atoms with Crippen LogP contribution in [0, 0.1) is 5.92 Å².